The van der Waals surface area contributed by atoms with Crippen molar-refractivity contribution in [1.29, 1.82) is 0 Å². The van der Waals surface area contributed by atoms with Gasteiger partial charge in [0.15, 0.2) is 0 Å². The van der Waals surface area contributed by atoms with E-state index in [1.165, 1.54) is 22.5 Å². The highest BCUT2D eigenvalue weighted by Crippen LogP contribution is 2.26. The number of pyridine rings is 1. The summed E-state index contributed by atoms with van der Waals surface area (Å²) in [5, 5.41) is 3.26. The van der Waals surface area contributed by atoms with E-state index in [1.807, 2.05) is 13.8 Å². The molecule has 1 unspecified atom stereocenters. The summed E-state index contributed by atoms with van der Waals surface area (Å²) < 4.78 is 27.6. The lowest BCUT2D eigenvalue weighted by molar-refractivity contribution is 0.0940. The minimum Gasteiger partial charge on any atom is -0.350 e. The fourth-order valence-electron chi connectivity index (χ4n) is 3.36. The van der Waals surface area contributed by atoms with Crippen LogP contribution in [0.3, 0.4) is 0 Å². The van der Waals surface area contributed by atoms with Crippen LogP contribution in [0.4, 0.5) is 0 Å². The van der Waals surface area contributed by atoms with Crippen molar-refractivity contribution in [1.82, 2.24) is 14.6 Å². The molecule has 1 aliphatic heterocycles. The van der Waals surface area contributed by atoms with Gasteiger partial charge in [-0.05, 0) is 50.3 Å². The standard InChI is InChI=1S/C20H27N3O4S/c1-4-14(3)21-20(25)17-12-19(24)22-18-6-5-15(11-16(17)18)28(26,27)23-9-7-13(2)8-10-23/h5-6,11-14H,4,7-10H2,1-3H3,(H,21,25)(H,22,24). The zero-order chi connectivity index (χ0) is 20.5. The maximum absolute atomic E-state index is 13.1. The number of aromatic amines is 1. The number of fused-ring (bicyclic) bond motifs is 1. The van der Waals surface area contributed by atoms with Crippen molar-refractivity contribution < 1.29 is 13.2 Å². The Labute approximate surface area is 165 Å². The van der Waals surface area contributed by atoms with Gasteiger partial charge in [0.25, 0.3) is 5.91 Å². The molecule has 28 heavy (non-hydrogen) atoms. The number of H-pyrrole nitrogens is 1. The second-order valence-corrected chi connectivity index (χ2v) is 9.56. The Morgan fingerprint density at radius 1 is 1.29 bits per heavy atom. The molecule has 1 aromatic carbocycles. The number of carbonyl (C=O) groups is 1. The van der Waals surface area contributed by atoms with Crippen molar-refractivity contribution in [2.24, 2.45) is 5.92 Å². The zero-order valence-corrected chi connectivity index (χ0v) is 17.3. The van der Waals surface area contributed by atoms with Crippen LogP contribution in [0, 0.1) is 5.92 Å². The van der Waals surface area contributed by atoms with Crippen molar-refractivity contribution in [3.05, 3.63) is 40.2 Å². The minimum atomic E-state index is -3.65. The molecule has 2 aromatic rings. The summed E-state index contributed by atoms with van der Waals surface area (Å²) in [4.78, 5) is 27.4. The lowest BCUT2D eigenvalue weighted by Gasteiger charge is -2.29. The second-order valence-electron chi connectivity index (χ2n) is 7.62. The van der Waals surface area contributed by atoms with E-state index >= 15 is 0 Å². The minimum absolute atomic E-state index is 0.0518. The molecule has 0 bridgehead atoms. The van der Waals surface area contributed by atoms with E-state index in [9.17, 15) is 18.0 Å². The van der Waals surface area contributed by atoms with Crippen LogP contribution in [0.15, 0.2) is 34.0 Å². The fraction of sp³-hybridized carbons (Fsp3) is 0.500. The van der Waals surface area contributed by atoms with Crippen LogP contribution in [-0.2, 0) is 10.0 Å². The maximum atomic E-state index is 13.1. The third kappa shape index (κ3) is 4.12. The molecular formula is C20H27N3O4S. The molecule has 1 atom stereocenters. The number of nitrogens with one attached hydrogen (secondary N) is 2. The Kier molecular flexibility index (Phi) is 5.90. The third-order valence-electron chi connectivity index (χ3n) is 5.43. The number of sulfonamides is 1. The molecule has 1 aliphatic rings. The van der Waals surface area contributed by atoms with Gasteiger partial charge in [0.2, 0.25) is 15.6 Å². The first kappa shape index (κ1) is 20.5. The van der Waals surface area contributed by atoms with Crippen LogP contribution in [0.25, 0.3) is 10.9 Å². The Bertz CT molecular complexity index is 1040. The van der Waals surface area contributed by atoms with Crippen molar-refractivity contribution in [2.75, 3.05) is 13.1 Å². The van der Waals surface area contributed by atoms with E-state index in [0.717, 1.165) is 19.3 Å². The highest BCUT2D eigenvalue weighted by atomic mass is 32.2. The molecule has 2 N–H and O–H groups in total. The van der Waals surface area contributed by atoms with Crippen molar-refractivity contribution in [3.63, 3.8) is 0 Å². The van der Waals surface area contributed by atoms with Crippen LogP contribution in [0.5, 0.6) is 0 Å². The topological polar surface area (TPSA) is 99.3 Å². The molecule has 3 rings (SSSR count). The monoisotopic (exact) mass is 405 g/mol. The molecule has 0 spiro atoms. The molecule has 0 aliphatic carbocycles. The number of aromatic nitrogens is 1. The quantitative estimate of drug-likeness (QED) is 0.798. The van der Waals surface area contributed by atoms with E-state index in [4.69, 9.17) is 0 Å². The first-order valence-corrected chi connectivity index (χ1v) is 11.1. The number of rotatable bonds is 5. The number of amides is 1. The number of carbonyl (C=O) groups excluding carboxylic acids is 1. The van der Waals surface area contributed by atoms with Crippen LogP contribution in [0.2, 0.25) is 0 Å². The molecule has 152 valence electrons. The van der Waals surface area contributed by atoms with Gasteiger partial charge in [-0.2, -0.15) is 4.31 Å². The molecule has 7 nitrogen and oxygen atoms in total. The molecule has 1 saturated heterocycles. The van der Waals surface area contributed by atoms with Crippen LogP contribution >= 0.6 is 0 Å². The molecule has 0 radical (unpaired) electrons. The smallest absolute Gasteiger partial charge is 0.252 e. The molecule has 1 fully saturated rings. The van der Waals surface area contributed by atoms with Gasteiger partial charge in [0.1, 0.15) is 0 Å². The highest BCUT2D eigenvalue weighted by molar-refractivity contribution is 7.89. The van der Waals surface area contributed by atoms with Crippen molar-refractivity contribution in [2.45, 2.75) is 51.0 Å². The Morgan fingerprint density at radius 2 is 1.96 bits per heavy atom. The zero-order valence-electron chi connectivity index (χ0n) is 16.5. The van der Waals surface area contributed by atoms with Crippen LogP contribution in [-0.4, -0.2) is 42.7 Å². The molecule has 1 aromatic heterocycles. The Balaban J connectivity index is 2.05. The number of piperidine rings is 1. The first-order valence-electron chi connectivity index (χ1n) is 9.70. The van der Waals surface area contributed by atoms with E-state index in [-0.39, 0.29) is 22.4 Å². The van der Waals surface area contributed by atoms with Gasteiger partial charge in [-0.25, -0.2) is 8.42 Å². The van der Waals surface area contributed by atoms with E-state index in [0.29, 0.717) is 29.9 Å². The summed E-state index contributed by atoms with van der Waals surface area (Å²) in [6, 6.07) is 5.70. The number of hydrogen-bond acceptors (Lipinski definition) is 4. The van der Waals surface area contributed by atoms with Gasteiger partial charge in [-0.15, -0.1) is 0 Å². The summed E-state index contributed by atoms with van der Waals surface area (Å²) in [6.07, 6.45) is 2.42. The number of nitrogens with zero attached hydrogens (tertiary/aromatic N) is 1. The summed E-state index contributed by atoms with van der Waals surface area (Å²) in [7, 11) is -3.65. The third-order valence-corrected chi connectivity index (χ3v) is 7.32. The van der Waals surface area contributed by atoms with E-state index < -0.39 is 15.6 Å². The Morgan fingerprint density at radius 3 is 2.61 bits per heavy atom. The van der Waals surface area contributed by atoms with Gasteiger partial charge >= 0.3 is 0 Å². The Hall–Kier alpha value is -2.19. The normalized spacial score (nSPS) is 17.5. The van der Waals surface area contributed by atoms with Crippen molar-refractivity contribution in [3.8, 4) is 0 Å². The molecule has 2 heterocycles. The average molecular weight is 406 g/mol. The van der Waals surface area contributed by atoms with Gasteiger partial charge in [0.05, 0.1) is 10.5 Å². The molecule has 1 amide bonds. The first-order chi connectivity index (χ1) is 13.2. The average Bonchev–Trinajstić information content (AvgIpc) is 2.67. The highest BCUT2D eigenvalue weighted by Gasteiger charge is 2.28. The van der Waals surface area contributed by atoms with Gasteiger partial charge in [-0.3, -0.25) is 9.59 Å². The van der Waals surface area contributed by atoms with Gasteiger partial charge < -0.3 is 10.3 Å². The number of hydrogen-bond donors (Lipinski definition) is 2. The SMILES string of the molecule is CCC(C)NC(=O)c1cc(=O)[nH]c2ccc(S(=O)(=O)N3CCC(C)CC3)cc12. The van der Waals surface area contributed by atoms with Gasteiger partial charge in [0, 0.05) is 36.1 Å². The van der Waals surface area contributed by atoms with E-state index in [2.05, 4.69) is 17.2 Å². The predicted molar refractivity (Wildman–Crippen MR) is 109 cm³/mol. The fourth-order valence-corrected chi connectivity index (χ4v) is 4.86. The van der Waals surface area contributed by atoms with Gasteiger partial charge in [-0.1, -0.05) is 13.8 Å². The largest absolute Gasteiger partial charge is 0.350 e. The lowest BCUT2D eigenvalue weighted by Crippen LogP contribution is -2.37. The number of benzene rings is 1. The van der Waals surface area contributed by atoms with E-state index in [1.54, 1.807) is 6.07 Å². The second kappa shape index (κ2) is 8.05. The van der Waals surface area contributed by atoms with Crippen LogP contribution in [0.1, 0.15) is 50.4 Å². The predicted octanol–water partition coefficient (Wildman–Crippen LogP) is 2.48. The maximum Gasteiger partial charge on any atom is 0.252 e. The lowest BCUT2D eigenvalue weighted by atomic mass is 10.0. The molecular weight excluding hydrogens is 378 g/mol. The molecule has 8 heteroatoms. The summed E-state index contributed by atoms with van der Waals surface area (Å²) in [5.41, 5.74) is 0.221. The summed E-state index contributed by atoms with van der Waals surface area (Å²) >= 11 is 0. The van der Waals surface area contributed by atoms with Crippen LogP contribution < -0.4 is 10.9 Å². The summed E-state index contributed by atoms with van der Waals surface area (Å²) in [6.45, 7) is 6.94. The molecule has 0 saturated carbocycles. The van der Waals surface area contributed by atoms with Crippen molar-refractivity contribution >= 4 is 26.8 Å². The summed E-state index contributed by atoms with van der Waals surface area (Å²) in [5.74, 6) is 0.135.